The van der Waals surface area contributed by atoms with Crippen molar-refractivity contribution in [1.29, 1.82) is 0 Å². The molecule has 0 aromatic rings. The van der Waals surface area contributed by atoms with E-state index < -0.39 is 5.97 Å². The standard InChI is InChI=1S/C9H12O2/c10-9(11)5-7-4-6-2-1-3-8(6)7/h5-6,8H,1-4H2,(H,10,11)/b7-5+/t6-,8+/m0/s1. The number of allylic oxidation sites excluding steroid dienone is 1. The van der Waals surface area contributed by atoms with Gasteiger partial charge in [0.2, 0.25) is 0 Å². The van der Waals surface area contributed by atoms with Gasteiger partial charge in [0.25, 0.3) is 0 Å². The van der Waals surface area contributed by atoms with E-state index in [0.717, 1.165) is 12.3 Å². The van der Waals surface area contributed by atoms with Crippen molar-refractivity contribution in [2.24, 2.45) is 11.8 Å². The molecule has 0 aliphatic heterocycles. The van der Waals surface area contributed by atoms with Crippen molar-refractivity contribution in [1.82, 2.24) is 0 Å². The quantitative estimate of drug-likeness (QED) is 0.582. The van der Waals surface area contributed by atoms with Gasteiger partial charge in [-0.25, -0.2) is 4.79 Å². The number of hydrogen-bond acceptors (Lipinski definition) is 1. The van der Waals surface area contributed by atoms with Crippen LogP contribution in [0.1, 0.15) is 25.7 Å². The fraction of sp³-hybridized carbons (Fsp3) is 0.667. The minimum Gasteiger partial charge on any atom is -0.478 e. The Kier molecular flexibility index (Phi) is 1.48. The monoisotopic (exact) mass is 152 g/mol. The van der Waals surface area contributed by atoms with Crippen molar-refractivity contribution in [2.75, 3.05) is 0 Å². The van der Waals surface area contributed by atoms with E-state index in [0.29, 0.717) is 5.92 Å². The first-order valence-corrected chi connectivity index (χ1v) is 4.21. The van der Waals surface area contributed by atoms with E-state index in [4.69, 9.17) is 5.11 Å². The summed E-state index contributed by atoms with van der Waals surface area (Å²) in [5, 5.41) is 8.49. The summed E-state index contributed by atoms with van der Waals surface area (Å²) in [6.07, 6.45) is 6.31. The maximum absolute atomic E-state index is 10.3. The predicted octanol–water partition coefficient (Wildman–Crippen LogP) is 1.82. The summed E-state index contributed by atoms with van der Waals surface area (Å²) < 4.78 is 0. The first-order valence-electron chi connectivity index (χ1n) is 4.21. The first kappa shape index (κ1) is 6.89. The highest BCUT2D eigenvalue weighted by Crippen LogP contribution is 2.50. The summed E-state index contributed by atoms with van der Waals surface area (Å²) in [6, 6.07) is 0. The highest BCUT2D eigenvalue weighted by molar-refractivity contribution is 5.81. The molecule has 11 heavy (non-hydrogen) atoms. The van der Waals surface area contributed by atoms with Crippen LogP contribution in [0.3, 0.4) is 0 Å². The minimum atomic E-state index is -0.773. The minimum absolute atomic E-state index is 0.645. The highest BCUT2D eigenvalue weighted by Gasteiger charge is 2.39. The SMILES string of the molecule is O=C(O)/C=C1\C[C@@H]2CCC[C@@H]12. The predicted molar refractivity (Wildman–Crippen MR) is 41.2 cm³/mol. The molecule has 1 N–H and O–H groups in total. The number of fused-ring (bicyclic) bond motifs is 1. The molecule has 0 spiro atoms. The fourth-order valence-electron chi connectivity index (χ4n) is 2.39. The van der Waals surface area contributed by atoms with E-state index in [1.165, 1.54) is 30.9 Å². The van der Waals surface area contributed by atoms with Crippen molar-refractivity contribution in [2.45, 2.75) is 25.7 Å². The molecule has 2 aliphatic carbocycles. The molecule has 0 radical (unpaired) electrons. The van der Waals surface area contributed by atoms with E-state index >= 15 is 0 Å². The number of hydrogen-bond donors (Lipinski definition) is 1. The second-order valence-corrected chi connectivity index (χ2v) is 3.56. The van der Waals surface area contributed by atoms with Crippen LogP contribution in [0, 0.1) is 11.8 Å². The Morgan fingerprint density at radius 1 is 1.55 bits per heavy atom. The normalized spacial score (nSPS) is 38.4. The molecule has 0 aromatic carbocycles. The largest absolute Gasteiger partial charge is 0.478 e. The zero-order valence-electron chi connectivity index (χ0n) is 6.42. The summed E-state index contributed by atoms with van der Waals surface area (Å²) in [5.74, 6) is 0.706. The van der Waals surface area contributed by atoms with Crippen LogP contribution in [0.2, 0.25) is 0 Å². The Balaban J connectivity index is 2.05. The van der Waals surface area contributed by atoms with E-state index in [1.807, 2.05) is 0 Å². The number of carboxylic acid groups (broad SMARTS) is 1. The summed E-state index contributed by atoms with van der Waals surface area (Å²) in [6.45, 7) is 0. The lowest BCUT2D eigenvalue weighted by Gasteiger charge is -2.33. The lowest BCUT2D eigenvalue weighted by Crippen LogP contribution is -2.24. The molecule has 2 heteroatoms. The van der Waals surface area contributed by atoms with Gasteiger partial charge in [0, 0.05) is 6.08 Å². The second-order valence-electron chi connectivity index (χ2n) is 3.56. The van der Waals surface area contributed by atoms with Gasteiger partial charge in [0.1, 0.15) is 0 Å². The molecule has 0 bridgehead atoms. The van der Waals surface area contributed by atoms with Crippen LogP contribution in [0.5, 0.6) is 0 Å². The van der Waals surface area contributed by atoms with E-state index in [1.54, 1.807) is 0 Å². The molecule has 2 saturated carbocycles. The second kappa shape index (κ2) is 2.36. The Labute approximate surface area is 65.9 Å². The Morgan fingerprint density at radius 2 is 2.36 bits per heavy atom. The summed E-state index contributed by atoms with van der Waals surface area (Å²) in [5.41, 5.74) is 1.18. The molecule has 60 valence electrons. The van der Waals surface area contributed by atoms with Crippen LogP contribution in [-0.2, 0) is 4.79 Å². The van der Waals surface area contributed by atoms with Crippen molar-refractivity contribution in [3.05, 3.63) is 11.6 Å². The third-order valence-corrected chi connectivity index (χ3v) is 2.94. The van der Waals surface area contributed by atoms with Crippen LogP contribution < -0.4 is 0 Å². The Morgan fingerprint density at radius 3 is 3.00 bits per heavy atom. The highest BCUT2D eigenvalue weighted by atomic mass is 16.4. The molecule has 0 aromatic heterocycles. The van der Waals surface area contributed by atoms with Crippen molar-refractivity contribution < 1.29 is 9.90 Å². The zero-order valence-corrected chi connectivity index (χ0v) is 6.42. The van der Waals surface area contributed by atoms with Gasteiger partial charge >= 0.3 is 5.97 Å². The number of aliphatic carboxylic acids is 1. The third-order valence-electron chi connectivity index (χ3n) is 2.94. The smallest absolute Gasteiger partial charge is 0.328 e. The van der Waals surface area contributed by atoms with Crippen LogP contribution in [0.15, 0.2) is 11.6 Å². The molecule has 0 saturated heterocycles. The van der Waals surface area contributed by atoms with Gasteiger partial charge in [-0.05, 0) is 31.1 Å². The van der Waals surface area contributed by atoms with Crippen molar-refractivity contribution in [3.63, 3.8) is 0 Å². The average Bonchev–Trinajstić information content (AvgIpc) is 2.26. The lowest BCUT2D eigenvalue weighted by atomic mass is 9.71. The average molecular weight is 152 g/mol. The summed E-state index contributed by atoms with van der Waals surface area (Å²) in [7, 11) is 0. The third kappa shape index (κ3) is 1.06. The van der Waals surface area contributed by atoms with Crippen LogP contribution in [-0.4, -0.2) is 11.1 Å². The van der Waals surface area contributed by atoms with Gasteiger partial charge < -0.3 is 5.11 Å². The van der Waals surface area contributed by atoms with Gasteiger partial charge in [-0.3, -0.25) is 0 Å². The van der Waals surface area contributed by atoms with Gasteiger partial charge in [-0.15, -0.1) is 0 Å². The number of rotatable bonds is 1. The molecule has 2 atom stereocenters. The topological polar surface area (TPSA) is 37.3 Å². The molecule has 0 amide bonds. The molecule has 2 aliphatic rings. The van der Waals surface area contributed by atoms with Gasteiger partial charge in [0.05, 0.1) is 0 Å². The molecule has 0 unspecified atom stereocenters. The van der Waals surface area contributed by atoms with Crippen molar-refractivity contribution in [3.8, 4) is 0 Å². The van der Waals surface area contributed by atoms with Crippen molar-refractivity contribution >= 4 is 5.97 Å². The molecular weight excluding hydrogens is 140 g/mol. The molecule has 2 nitrogen and oxygen atoms in total. The number of carbonyl (C=O) groups is 1. The van der Waals surface area contributed by atoms with Crippen LogP contribution in [0.4, 0.5) is 0 Å². The maximum Gasteiger partial charge on any atom is 0.328 e. The Hall–Kier alpha value is -0.790. The maximum atomic E-state index is 10.3. The van der Waals surface area contributed by atoms with Gasteiger partial charge in [0.15, 0.2) is 0 Å². The Bertz CT molecular complexity index is 218. The molecule has 2 rings (SSSR count). The van der Waals surface area contributed by atoms with Gasteiger partial charge in [-0.1, -0.05) is 12.0 Å². The zero-order chi connectivity index (χ0) is 7.84. The molecular formula is C9H12O2. The molecule has 0 heterocycles. The van der Waals surface area contributed by atoms with Crippen LogP contribution >= 0.6 is 0 Å². The summed E-state index contributed by atoms with van der Waals surface area (Å²) in [4.78, 5) is 10.3. The first-order chi connectivity index (χ1) is 5.27. The number of carboxylic acids is 1. The van der Waals surface area contributed by atoms with E-state index in [2.05, 4.69) is 0 Å². The van der Waals surface area contributed by atoms with E-state index in [9.17, 15) is 4.79 Å². The van der Waals surface area contributed by atoms with Crippen LogP contribution in [0.25, 0.3) is 0 Å². The lowest BCUT2D eigenvalue weighted by molar-refractivity contribution is -0.131. The van der Waals surface area contributed by atoms with Gasteiger partial charge in [-0.2, -0.15) is 0 Å². The fourth-order valence-corrected chi connectivity index (χ4v) is 2.39. The summed E-state index contributed by atoms with van der Waals surface area (Å²) >= 11 is 0. The van der Waals surface area contributed by atoms with E-state index in [-0.39, 0.29) is 0 Å². The molecule has 2 fully saturated rings.